The molecule has 0 aliphatic heterocycles. The van der Waals surface area contributed by atoms with Crippen LogP contribution in [-0.4, -0.2) is 84.7 Å². The van der Waals surface area contributed by atoms with E-state index < -0.39 is 13.6 Å². The minimum absolute atomic E-state index is 0.0694. The number of hydrogen-bond acceptors (Lipinski definition) is 5. The van der Waals surface area contributed by atoms with E-state index in [0.29, 0.717) is 17.6 Å². The van der Waals surface area contributed by atoms with Gasteiger partial charge in [0.25, 0.3) is 0 Å². The summed E-state index contributed by atoms with van der Waals surface area (Å²) in [5, 5.41) is 12.4. The molecule has 120 valence electrons. The highest BCUT2D eigenvalue weighted by atomic mass is 32.1. The fourth-order valence-corrected chi connectivity index (χ4v) is 1.30. The van der Waals surface area contributed by atoms with Crippen LogP contribution in [0, 0.1) is 0 Å². The van der Waals surface area contributed by atoms with Crippen molar-refractivity contribution in [3.63, 3.8) is 0 Å². The minimum atomic E-state index is -4.21. The maximum Gasteiger partial charge on any atom is 0.383 e. The van der Waals surface area contributed by atoms with Crippen molar-refractivity contribution in [3.05, 3.63) is 0 Å². The molecule has 0 aromatic carbocycles. The van der Waals surface area contributed by atoms with Gasteiger partial charge in [0, 0.05) is 13.1 Å². The van der Waals surface area contributed by atoms with Gasteiger partial charge in [0.2, 0.25) is 0 Å². The third-order valence-corrected chi connectivity index (χ3v) is 3.25. The van der Waals surface area contributed by atoms with Gasteiger partial charge in [0.15, 0.2) is 4.73 Å². The second kappa shape index (κ2) is 9.38. The normalized spacial score (nSPS) is 11.6. The molecule has 0 bridgehead atoms. The third-order valence-electron chi connectivity index (χ3n) is 1.70. The zero-order valence-electron chi connectivity index (χ0n) is 12.5. The van der Waals surface area contributed by atoms with Gasteiger partial charge >= 0.3 is 7.60 Å². The van der Waals surface area contributed by atoms with Gasteiger partial charge in [-0.15, -0.1) is 0 Å². The summed E-state index contributed by atoms with van der Waals surface area (Å²) in [6, 6.07) is 0. The molecule has 0 aromatic heterocycles. The number of carbonyl (C=O) groups is 1. The number of rotatable bonds is 6. The summed E-state index contributed by atoms with van der Waals surface area (Å²) in [6.45, 7) is 1.19. The summed E-state index contributed by atoms with van der Waals surface area (Å²) in [5.74, 6) is -1.00. The average molecular weight is 329 g/mol. The van der Waals surface area contributed by atoms with Gasteiger partial charge in [0.1, 0.15) is 6.54 Å². The highest BCUT2D eigenvalue weighted by Gasteiger charge is 2.19. The molecule has 0 fully saturated rings. The number of carbonyl (C=O) groups excluding carboxylic acids is 1. The molecule has 20 heavy (non-hydrogen) atoms. The van der Waals surface area contributed by atoms with E-state index in [9.17, 15) is 14.5 Å². The van der Waals surface area contributed by atoms with Crippen molar-refractivity contribution in [1.82, 2.24) is 10.2 Å². The molecule has 10 heteroatoms. The van der Waals surface area contributed by atoms with Crippen LogP contribution >= 0.6 is 19.8 Å². The Bertz CT molecular complexity index is 364. The molecule has 0 saturated carbocycles. The van der Waals surface area contributed by atoms with Crippen molar-refractivity contribution in [3.8, 4) is 0 Å². The van der Waals surface area contributed by atoms with Gasteiger partial charge in [-0.2, -0.15) is 0 Å². The fraction of sp³-hybridized carbons (Fsp3) is 0.800. The monoisotopic (exact) mass is 329 g/mol. The van der Waals surface area contributed by atoms with Crippen LogP contribution in [0.1, 0.15) is 0 Å². The molecular weight excluding hydrogens is 305 g/mol. The Balaban J connectivity index is 0. The molecule has 0 aliphatic rings. The standard InChI is InChI=1S/C5H13N2O3PS.C5H11NO2/c1-7(2)4-3-6-5(12)11(8,9)10;1-6(2,3)4-5(7)8/h3-4H2,1-2H3,(H,6,12)(H2,8,9,10);4H2,1-3H3. The number of nitrogens with one attached hydrogen (secondary N) is 1. The molecule has 0 aromatic rings. The van der Waals surface area contributed by atoms with Gasteiger partial charge in [0.05, 0.1) is 27.1 Å². The Labute approximate surface area is 125 Å². The SMILES string of the molecule is CN(C)CCNC(=S)P(=O)(O)O.C[N+](C)(C)CC(=O)[O-]. The van der Waals surface area contributed by atoms with Gasteiger partial charge in [-0.25, -0.2) is 0 Å². The van der Waals surface area contributed by atoms with Gasteiger partial charge in [-0.1, -0.05) is 12.2 Å². The van der Waals surface area contributed by atoms with E-state index in [4.69, 9.17) is 9.79 Å². The Morgan fingerprint density at radius 1 is 1.35 bits per heavy atom. The third kappa shape index (κ3) is 17.4. The summed E-state index contributed by atoms with van der Waals surface area (Å²) in [5.41, 5.74) is 0. The number of quaternary nitrogens is 1. The van der Waals surface area contributed by atoms with Crippen molar-refractivity contribution in [1.29, 1.82) is 0 Å². The fourth-order valence-electron chi connectivity index (χ4n) is 0.877. The number of carboxylic acids is 1. The molecule has 0 spiro atoms. The van der Waals surface area contributed by atoms with E-state index in [1.807, 2.05) is 19.0 Å². The summed E-state index contributed by atoms with van der Waals surface area (Å²) in [7, 11) is 4.92. The predicted molar refractivity (Wildman–Crippen MR) is 79.1 cm³/mol. The zero-order valence-corrected chi connectivity index (χ0v) is 14.2. The maximum atomic E-state index is 10.5. The van der Waals surface area contributed by atoms with Crippen molar-refractivity contribution in [2.45, 2.75) is 0 Å². The number of thiocarbonyl (C=S) groups is 1. The topological polar surface area (TPSA) is 113 Å². The number of carboxylic acid groups (broad SMARTS) is 1. The van der Waals surface area contributed by atoms with Gasteiger partial charge in [-0.3, -0.25) is 4.57 Å². The first-order valence-electron chi connectivity index (χ1n) is 5.74. The summed E-state index contributed by atoms with van der Waals surface area (Å²) in [6.07, 6.45) is 0. The van der Waals surface area contributed by atoms with Crippen LogP contribution in [0.4, 0.5) is 0 Å². The lowest BCUT2D eigenvalue weighted by Gasteiger charge is -2.23. The number of hydrogen-bond donors (Lipinski definition) is 3. The van der Waals surface area contributed by atoms with Gasteiger partial charge < -0.3 is 34.4 Å². The van der Waals surface area contributed by atoms with E-state index in [0.717, 1.165) is 0 Å². The van der Waals surface area contributed by atoms with E-state index in [1.54, 1.807) is 21.1 Å². The summed E-state index contributed by atoms with van der Waals surface area (Å²) < 4.78 is 10.5. The molecule has 0 saturated heterocycles. The Morgan fingerprint density at radius 2 is 1.80 bits per heavy atom. The van der Waals surface area contributed by atoms with Crippen molar-refractivity contribution in [2.75, 3.05) is 54.9 Å². The van der Waals surface area contributed by atoms with Crippen LogP contribution in [0.5, 0.6) is 0 Å². The number of nitrogens with zero attached hydrogens (tertiary/aromatic N) is 2. The largest absolute Gasteiger partial charge is 0.544 e. The first kappa shape index (κ1) is 21.7. The second-order valence-corrected chi connectivity index (χ2v) is 7.65. The van der Waals surface area contributed by atoms with Crippen LogP contribution < -0.4 is 10.4 Å². The number of aliphatic carboxylic acids is 1. The summed E-state index contributed by atoms with van der Waals surface area (Å²) >= 11 is 4.45. The van der Waals surface area contributed by atoms with Crippen LogP contribution in [0.3, 0.4) is 0 Å². The average Bonchev–Trinajstić information content (AvgIpc) is 2.11. The smallest absolute Gasteiger partial charge is 0.383 e. The van der Waals surface area contributed by atoms with Crippen LogP contribution in [0.2, 0.25) is 0 Å². The van der Waals surface area contributed by atoms with E-state index in [2.05, 4.69) is 17.5 Å². The molecule has 0 unspecified atom stereocenters. The molecule has 0 aliphatic carbocycles. The molecule has 0 heterocycles. The molecule has 3 N–H and O–H groups in total. The summed E-state index contributed by atoms with van der Waals surface area (Å²) in [4.78, 5) is 28.9. The van der Waals surface area contributed by atoms with Crippen LogP contribution in [0.15, 0.2) is 0 Å². The molecular formula is C10H24N3O5PS. The quantitative estimate of drug-likeness (QED) is 0.293. The Hall–Kier alpha value is -0.570. The minimum Gasteiger partial charge on any atom is -0.544 e. The van der Waals surface area contributed by atoms with E-state index in [-0.39, 0.29) is 11.3 Å². The first-order valence-corrected chi connectivity index (χ1v) is 7.76. The Kier molecular flexibility index (Phi) is 10.2. The molecule has 0 amide bonds. The lowest BCUT2D eigenvalue weighted by atomic mass is 10.5. The van der Waals surface area contributed by atoms with Crippen molar-refractivity contribution >= 4 is 30.5 Å². The second-order valence-electron chi connectivity index (χ2n) is 5.40. The lowest BCUT2D eigenvalue weighted by molar-refractivity contribution is -0.864. The van der Waals surface area contributed by atoms with Crippen LogP contribution in [-0.2, 0) is 9.36 Å². The van der Waals surface area contributed by atoms with Gasteiger partial charge in [-0.05, 0) is 14.1 Å². The Morgan fingerprint density at radius 3 is 2.00 bits per heavy atom. The van der Waals surface area contributed by atoms with E-state index >= 15 is 0 Å². The van der Waals surface area contributed by atoms with Crippen molar-refractivity contribution < 1.29 is 28.7 Å². The first-order chi connectivity index (χ1) is 8.75. The van der Waals surface area contributed by atoms with Crippen LogP contribution in [0.25, 0.3) is 0 Å². The maximum absolute atomic E-state index is 10.5. The lowest BCUT2D eigenvalue weighted by Crippen LogP contribution is -2.45. The number of likely N-dealkylation sites (N-methyl/N-ethyl adjacent to an activating group) is 2. The molecule has 0 radical (unpaired) electrons. The van der Waals surface area contributed by atoms with E-state index in [1.165, 1.54) is 0 Å². The van der Waals surface area contributed by atoms with Crippen molar-refractivity contribution in [2.24, 2.45) is 0 Å². The molecule has 0 atom stereocenters. The predicted octanol–water partition coefficient (Wildman–Crippen LogP) is -1.96. The highest BCUT2D eigenvalue weighted by Crippen LogP contribution is 2.34. The molecule has 0 rings (SSSR count). The molecule has 8 nitrogen and oxygen atoms in total. The highest BCUT2D eigenvalue weighted by molar-refractivity contribution is 7.97. The zero-order chi connectivity index (χ0) is 16.6.